The van der Waals surface area contributed by atoms with Gasteiger partial charge in [-0.25, -0.2) is 0 Å². The number of hydrogen-bond acceptors (Lipinski definition) is 3. The van der Waals surface area contributed by atoms with E-state index in [9.17, 15) is 9.59 Å². The van der Waals surface area contributed by atoms with Crippen molar-refractivity contribution in [3.63, 3.8) is 0 Å². The van der Waals surface area contributed by atoms with Crippen LogP contribution in [-0.4, -0.2) is 17.9 Å². The van der Waals surface area contributed by atoms with Gasteiger partial charge in [-0.15, -0.1) is 0 Å². The molecule has 5 nitrogen and oxygen atoms in total. The van der Waals surface area contributed by atoms with Gasteiger partial charge >= 0.3 is 0 Å². The summed E-state index contributed by atoms with van der Waals surface area (Å²) in [6.07, 6.45) is -0.570. The van der Waals surface area contributed by atoms with Crippen LogP contribution in [0.25, 0.3) is 0 Å². The van der Waals surface area contributed by atoms with E-state index in [0.717, 1.165) is 16.8 Å². The SMILES string of the molecule is Cc1ccc(C)c(NC(=O)c2ccc3c(c2)OC(C)C(=O)N3)c1. The molecule has 0 bridgehead atoms. The minimum atomic E-state index is -0.570. The smallest absolute Gasteiger partial charge is 0.265 e. The van der Waals surface area contributed by atoms with E-state index >= 15 is 0 Å². The highest BCUT2D eigenvalue weighted by Gasteiger charge is 2.24. The van der Waals surface area contributed by atoms with Crippen LogP contribution < -0.4 is 15.4 Å². The van der Waals surface area contributed by atoms with E-state index in [1.54, 1.807) is 25.1 Å². The molecule has 1 heterocycles. The van der Waals surface area contributed by atoms with Crippen LogP contribution in [0.3, 0.4) is 0 Å². The Morgan fingerprint density at radius 1 is 1.17 bits per heavy atom. The first kappa shape index (κ1) is 15.1. The van der Waals surface area contributed by atoms with Crippen LogP contribution in [-0.2, 0) is 4.79 Å². The second-order valence-electron chi connectivity index (χ2n) is 5.73. The minimum Gasteiger partial charge on any atom is -0.479 e. The molecule has 23 heavy (non-hydrogen) atoms. The Hall–Kier alpha value is -2.82. The summed E-state index contributed by atoms with van der Waals surface area (Å²) in [7, 11) is 0. The van der Waals surface area contributed by atoms with Crippen LogP contribution in [0, 0.1) is 13.8 Å². The molecule has 0 radical (unpaired) electrons. The van der Waals surface area contributed by atoms with Gasteiger partial charge in [0.2, 0.25) is 0 Å². The molecule has 118 valence electrons. The van der Waals surface area contributed by atoms with E-state index in [1.807, 2.05) is 32.0 Å². The molecule has 0 spiro atoms. The Kier molecular flexibility index (Phi) is 3.78. The molecule has 0 fully saturated rings. The van der Waals surface area contributed by atoms with Crippen LogP contribution in [0.4, 0.5) is 11.4 Å². The van der Waals surface area contributed by atoms with Gasteiger partial charge in [0.05, 0.1) is 5.69 Å². The molecule has 2 N–H and O–H groups in total. The van der Waals surface area contributed by atoms with Crippen molar-refractivity contribution in [2.24, 2.45) is 0 Å². The quantitative estimate of drug-likeness (QED) is 0.894. The number of aryl methyl sites for hydroxylation is 2. The zero-order valence-electron chi connectivity index (χ0n) is 13.3. The third-order valence-corrected chi connectivity index (χ3v) is 3.82. The number of carbonyl (C=O) groups excluding carboxylic acids is 2. The van der Waals surface area contributed by atoms with Crippen LogP contribution in [0.5, 0.6) is 5.75 Å². The second kappa shape index (κ2) is 5.76. The van der Waals surface area contributed by atoms with Gasteiger partial charge in [0.25, 0.3) is 11.8 Å². The molecule has 1 unspecified atom stereocenters. The van der Waals surface area contributed by atoms with Gasteiger partial charge in [-0.05, 0) is 56.2 Å². The molecule has 0 saturated carbocycles. The van der Waals surface area contributed by atoms with Gasteiger partial charge in [0.1, 0.15) is 5.75 Å². The van der Waals surface area contributed by atoms with Gasteiger partial charge in [-0.3, -0.25) is 9.59 Å². The summed E-state index contributed by atoms with van der Waals surface area (Å²) in [4.78, 5) is 24.0. The van der Waals surface area contributed by atoms with E-state index < -0.39 is 6.10 Å². The Morgan fingerprint density at radius 2 is 1.96 bits per heavy atom. The summed E-state index contributed by atoms with van der Waals surface area (Å²) >= 11 is 0. The number of nitrogens with one attached hydrogen (secondary N) is 2. The first-order chi connectivity index (χ1) is 10.9. The van der Waals surface area contributed by atoms with Crippen molar-refractivity contribution >= 4 is 23.2 Å². The largest absolute Gasteiger partial charge is 0.479 e. The van der Waals surface area contributed by atoms with Gasteiger partial charge < -0.3 is 15.4 Å². The van der Waals surface area contributed by atoms with Gasteiger partial charge in [-0.2, -0.15) is 0 Å². The van der Waals surface area contributed by atoms with Crippen molar-refractivity contribution in [1.29, 1.82) is 0 Å². The third-order valence-electron chi connectivity index (χ3n) is 3.82. The Morgan fingerprint density at radius 3 is 2.74 bits per heavy atom. The molecular formula is C18H18N2O3. The van der Waals surface area contributed by atoms with E-state index in [4.69, 9.17) is 4.74 Å². The lowest BCUT2D eigenvalue weighted by atomic mass is 10.1. The highest BCUT2D eigenvalue weighted by molar-refractivity contribution is 6.06. The third kappa shape index (κ3) is 3.04. The molecule has 1 aliphatic rings. The van der Waals surface area contributed by atoms with Gasteiger partial charge in [0.15, 0.2) is 6.10 Å². The summed E-state index contributed by atoms with van der Waals surface area (Å²) < 4.78 is 5.54. The zero-order chi connectivity index (χ0) is 16.6. The van der Waals surface area contributed by atoms with Crippen molar-refractivity contribution < 1.29 is 14.3 Å². The van der Waals surface area contributed by atoms with E-state index in [0.29, 0.717) is 17.0 Å². The molecule has 0 aromatic heterocycles. The van der Waals surface area contributed by atoms with Crippen LogP contribution in [0.2, 0.25) is 0 Å². The Labute approximate surface area is 134 Å². The number of ether oxygens (including phenoxy) is 1. The lowest BCUT2D eigenvalue weighted by molar-refractivity contribution is -0.122. The summed E-state index contributed by atoms with van der Waals surface area (Å²) in [5.74, 6) is 0.102. The number of hydrogen-bond donors (Lipinski definition) is 2. The molecule has 1 atom stereocenters. The first-order valence-corrected chi connectivity index (χ1v) is 7.44. The molecule has 3 rings (SSSR count). The number of fused-ring (bicyclic) bond motifs is 1. The molecular weight excluding hydrogens is 292 g/mol. The average Bonchev–Trinajstić information content (AvgIpc) is 2.51. The predicted molar refractivity (Wildman–Crippen MR) is 89.0 cm³/mol. The van der Waals surface area contributed by atoms with Crippen LogP contribution in [0.1, 0.15) is 28.4 Å². The fourth-order valence-corrected chi connectivity index (χ4v) is 2.41. The number of amides is 2. The fraction of sp³-hybridized carbons (Fsp3) is 0.222. The molecule has 1 aliphatic heterocycles. The second-order valence-corrected chi connectivity index (χ2v) is 5.73. The molecule has 5 heteroatoms. The van der Waals surface area contributed by atoms with Crippen LogP contribution >= 0.6 is 0 Å². The van der Waals surface area contributed by atoms with Crippen molar-refractivity contribution in [1.82, 2.24) is 0 Å². The lowest BCUT2D eigenvalue weighted by Gasteiger charge is -2.23. The summed E-state index contributed by atoms with van der Waals surface area (Å²) in [5.41, 5.74) is 3.93. The first-order valence-electron chi connectivity index (χ1n) is 7.44. The summed E-state index contributed by atoms with van der Waals surface area (Å²) in [6.45, 7) is 5.59. The fourth-order valence-electron chi connectivity index (χ4n) is 2.41. The highest BCUT2D eigenvalue weighted by Crippen LogP contribution is 2.30. The maximum absolute atomic E-state index is 12.5. The monoisotopic (exact) mass is 310 g/mol. The number of benzene rings is 2. The summed E-state index contributed by atoms with van der Waals surface area (Å²) in [5, 5.41) is 5.66. The van der Waals surface area contributed by atoms with Crippen molar-refractivity contribution in [3.8, 4) is 5.75 Å². The lowest BCUT2D eigenvalue weighted by Crippen LogP contribution is -2.34. The number of anilines is 2. The van der Waals surface area contributed by atoms with Gasteiger partial charge in [-0.1, -0.05) is 12.1 Å². The van der Waals surface area contributed by atoms with Crippen molar-refractivity contribution in [3.05, 3.63) is 53.1 Å². The van der Waals surface area contributed by atoms with Crippen LogP contribution in [0.15, 0.2) is 36.4 Å². The van der Waals surface area contributed by atoms with Crippen molar-refractivity contribution in [2.75, 3.05) is 10.6 Å². The normalized spacial score (nSPS) is 16.1. The highest BCUT2D eigenvalue weighted by atomic mass is 16.5. The Bertz CT molecular complexity index is 799. The van der Waals surface area contributed by atoms with Crippen molar-refractivity contribution in [2.45, 2.75) is 26.9 Å². The maximum Gasteiger partial charge on any atom is 0.265 e. The Balaban J connectivity index is 1.85. The molecule has 0 saturated heterocycles. The topological polar surface area (TPSA) is 67.4 Å². The van der Waals surface area contributed by atoms with E-state index in [-0.39, 0.29) is 11.8 Å². The molecule has 2 aromatic rings. The average molecular weight is 310 g/mol. The molecule has 2 amide bonds. The van der Waals surface area contributed by atoms with Gasteiger partial charge in [0, 0.05) is 11.3 Å². The molecule has 2 aromatic carbocycles. The number of carbonyl (C=O) groups is 2. The molecule has 0 aliphatic carbocycles. The number of rotatable bonds is 2. The minimum absolute atomic E-state index is 0.190. The van der Waals surface area contributed by atoms with E-state index in [2.05, 4.69) is 10.6 Å². The van der Waals surface area contributed by atoms with E-state index in [1.165, 1.54) is 0 Å². The predicted octanol–water partition coefficient (Wildman–Crippen LogP) is 3.28. The maximum atomic E-state index is 12.5. The summed E-state index contributed by atoms with van der Waals surface area (Å²) in [6, 6.07) is 10.9. The standard InChI is InChI=1S/C18H18N2O3/c1-10-4-5-11(2)15(8-10)20-18(22)13-6-7-14-16(9-13)23-12(3)17(21)19-14/h4-9,12H,1-3H3,(H,19,21)(H,20,22). The zero-order valence-corrected chi connectivity index (χ0v) is 13.3.